The summed E-state index contributed by atoms with van der Waals surface area (Å²) in [4.78, 5) is 26.3. The molecule has 1 aliphatic heterocycles. The van der Waals surface area contributed by atoms with Crippen LogP contribution in [0.5, 0.6) is 5.75 Å². The quantitative estimate of drug-likeness (QED) is 0.844. The average molecular weight is 370 g/mol. The monoisotopic (exact) mass is 370 g/mol. The van der Waals surface area contributed by atoms with Gasteiger partial charge in [-0.3, -0.25) is 9.69 Å². The molecule has 0 radical (unpaired) electrons. The SMILES string of the molecule is COc1ccc(NC(=O)[C@H]2C[C@@H](O)CN2C(=O)OCc2ccccc2)cc1. The smallest absolute Gasteiger partial charge is 0.410 e. The van der Waals surface area contributed by atoms with Crippen LogP contribution in [0.4, 0.5) is 10.5 Å². The van der Waals surface area contributed by atoms with E-state index < -0.39 is 18.2 Å². The number of nitrogens with one attached hydrogen (secondary N) is 1. The van der Waals surface area contributed by atoms with Crippen molar-refractivity contribution in [2.45, 2.75) is 25.2 Å². The van der Waals surface area contributed by atoms with Gasteiger partial charge in [-0.25, -0.2) is 4.79 Å². The zero-order valence-electron chi connectivity index (χ0n) is 15.0. The van der Waals surface area contributed by atoms with Crippen LogP contribution in [0.15, 0.2) is 54.6 Å². The van der Waals surface area contributed by atoms with E-state index in [1.807, 2.05) is 30.3 Å². The number of aliphatic hydroxyl groups is 1. The van der Waals surface area contributed by atoms with E-state index in [0.29, 0.717) is 11.4 Å². The number of nitrogens with zero attached hydrogens (tertiary/aromatic N) is 1. The van der Waals surface area contributed by atoms with Crippen molar-refractivity contribution in [3.8, 4) is 5.75 Å². The van der Waals surface area contributed by atoms with E-state index >= 15 is 0 Å². The van der Waals surface area contributed by atoms with Crippen LogP contribution < -0.4 is 10.1 Å². The molecule has 3 rings (SSSR count). The number of β-amino-alcohol motifs (C(OH)–C–C–N with tert-alkyl or cyclic N) is 1. The van der Waals surface area contributed by atoms with Crippen LogP contribution in [0, 0.1) is 0 Å². The lowest BCUT2D eigenvalue weighted by atomic mass is 10.2. The van der Waals surface area contributed by atoms with Crippen molar-refractivity contribution in [1.29, 1.82) is 0 Å². The average Bonchev–Trinajstić information content (AvgIpc) is 3.09. The molecule has 0 saturated carbocycles. The first-order valence-electron chi connectivity index (χ1n) is 8.67. The number of amides is 2. The molecular formula is C20H22N2O5. The summed E-state index contributed by atoms with van der Waals surface area (Å²) in [7, 11) is 1.56. The molecule has 2 aromatic carbocycles. The van der Waals surface area contributed by atoms with Crippen molar-refractivity contribution in [3.63, 3.8) is 0 Å². The zero-order valence-corrected chi connectivity index (χ0v) is 15.0. The van der Waals surface area contributed by atoms with Crippen LogP contribution in [0.25, 0.3) is 0 Å². The van der Waals surface area contributed by atoms with Crippen LogP contribution in [-0.4, -0.2) is 47.8 Å². The summed E-state index contributed by atoms with van der Waals surface area (Å²) >= 11 is 0. The minimum Gasteiger partial charge on any atom is -0.497 e. The fourth-order valence-corrected chi connectivity index (χ4v) is 2.97. The minimum atomic E-state index is -0.787. The molecule has 2 amide bonds. The van der Waals surface area contributed by atoms with E-state index in [2.05, 4.69) is 5.32 Å². The topological polar surface area (TPSA) is 88.1 Å². The van der Waals surface area contributed by atoms with Gasteiger partial charge in [0.25, 0.3) is 0 Å². The molecule has 2 N–H and O–H groups in total. The Morgan fingerprint density at radius 2 is 1.85 bits per heavy atom. The van der Waals surface area contributed by atoms with Gasteiger partial charge in [-0.05, 0) is 29.8 Å². The molecule has 1 heterocycles. The van der Waals surface area contributed by atoms with Crippen molar-refractivity contribution >= 4 is 17.7 Å². The molecule has 0 aromatic heterocycles. The first-order chi connectivity index (χ1) is 13.1. The molecule has 1 aliphatic rings. The highest BCUT2D eigenvalue weighted by atomic mass is 16.6. The molecule has 1 fully saturated rings. The van der Waals surface area contributed by atoms with Crippen LogP contribution in [0.3, 0.4) is 0 Å². The zero-order chi connectivity index (χ0) is 19.2. The summed E-state index contributed by atoms with van der Waals surface area (Å²) in [6, 6.07) is 15.4. The Hall–Kier alpha value is -3.06. The normalized spacial score (nSPS) is 18.8. The number of rotatable bonds is 5. The van der Waals surface area contributed by atoms with Gasteiger partial charge in [-0.15, -0.1) is 0 Å². The van der Waals surface area contributed by atoms with Crippen molar-refractivity contribution in [2.75, 3.05) is 19.0 Å². The molecule has 2 atom stereocenters. The number of benzene rings is 2. The molecule has 7 nitrogen and oxygen atoms in total. The Balaban J connectivity index is 1.61. The lowest BCUT2D eigenvalue weighted by Crippen LogP contribution is -2.43. The summed E-state index contributed by atoms with van der Waals surface area (Å²) < 4.78 is 10.4. The summed E-state index contributed by atoms with van der Waals surface area (Å²) in [6.07, 6.45) is -1.21. The number of carbonyl (C=O) groups excluding carboxylic acids is 2. The maximum Gasteiger partial charge on any atom is 0.410 e. The fraction of sp³-hybridized carbons (Fsp3) is 0.300. The summed E-state index contributed by atoms with van der Waals surface area (Å²) in [5.74, 6) is 0.309. The van der Waals surface area contributed by atoms with E-state index in [4.69, 9.17) is 9.47 Å². The predicted molar refractivity (Wildman–Crippen MR) is 99.4 cm³/mol. The molecular weight excluding hydrogens is 348 g/mol. The number of anilines is 1. The second-order valence-corrected chi connectivity index (χ2v) is 6.32. The second-order valence-electron chi connectivity index (χ2n) is 6.32. The molecule has 27 heavy (non-hydrogen) atoms. The molecule has 7 heteroatoms. The third-order valence-corrected chi connectivity index (χ3v) is 4.38. The van der Waals surface area contributed by atoms with Crippen LogP contribution in [-0.2, 0) is 16.1 Å². The van der Waals surface area contributed by atoms with Gasteiger partial charge in [0, 0.05) is 12.1 Å². The summed E-state index contributed by atoms with van der Waals surface area (Å²) in [5, 5.41) is 12.7. The largest absolute Gasteiger partial charge is 0.497 e. The van der Waals surface area contributed by atoms with Gasteiger partial charge in [0.05, 0.1) is 19.8 Å². The number of ether oxygens (including phenoxy) is 2. The van der Waals surface area contributed by atoms with Crippen LogP contribution in [0.2, 0.25) is 0 Å². The molecule has 0 unspecified atom stereocenters. The Morgan fingerprint density at radius 3 is 2.52 bits per heavy atom. The van der Waals surface area contributed by atoms with Crippen molar-refractivity contribution < 1.29 is 24.2 Å². The number of aliphatic hydroxyl groups excluding tert-OH is 1. The Bertz CT molecular complexity index is 779. The van der Waals surface area contributed by atoms with Crippen LogP contribution in [0.1, 0.15) is 12.0 Å². The highest BCUT2D eigenvalue weighted by molar-refractivity contribution is 5.97. The fourth-order valence-electron chi connectivity index (χ4n) is 2.97. The number of likely N-dealkylation sites (tertiary alicyclic amines) is 1. The number of methoxy groups -OCH3 is 1. The Kier molecular flexibility index (Phi) is 5.93. The Labute approximate surface area is 157 Å². The summed E-state index contributed by atoms with van der Waals surface area (Å²) in [6.45, 7) is 0.174. The van der Waals surface area contributed by atoms with Crippen molar-refractivity contribution in [2.24, 2.45) is 0 Å². The van der Waals surface area contributed by atoms with Gasteiger partial charge in [-0.1, -0.05) is 30.3 Å². The van der Waals surface area contributed by atoms with Crippen molar-refractivity contribution in [1.82, 2.24) is 4.90 Å². The summed E-state index contributed by atoms with van der Waals surface area (Å²) in [5.41, 5.74) is 1.43. The number of hydrogen-bond acceptors (Lipinski definition) is 5. The molecule has 0 aliphatic carbocycles. The number of carbonyl (C=O) groups is 2. The lowest BCUT2D eigenvalue weighted by molar-refractivity contribution is -0.120. The predicted octanol–water partition coefficient (Wildman–Crippen LogP) is 2.41. The Morgan fingerprint density at radius 1 is 1.15 bits per heavy atom. The standard InChI is InChI=1S/C20H22N2O5/c1-26-17-9-7-15(8-10-17)21-19(24)18-11-16(23)12-22(18)20(25)27-13-14-5-3-2-4-6-14/h2-10,16,18,23H,11-13H2,1H3,(H,21,24)/t16-,18-/m1/s1. The molecule has 2 aromatic rings. The van der Waals surface area contributed by atoms with E-state index in [9.17, 15) is 14.7 Å². The van der Waals surface area contributed by atoms with Gasteiger partial charge in [-0.2, -0.15) is 0 Å². The van der Waals surface area contributed by atoms with Crippen LogP contribution >= 0.6 is 0 Å². The van der Waals surface area contributed by atoms with E-state index in [0.717, 1.165) is 5.56 Å². The molecule has 0 spiro atoms. The van der Waals surface area contributed by atoms with Crippen molar-refractivity contribution in [3.05, 3.63) is 60.2 Å². The highest BCUT2D eigenvalue weighted by Gasteiger charge is 2.39. The minimum absolute atomic E-state index is 0.0638. The maximum absolute atomic E-state index is 12.6. The highest BCUT2D eigenvalue weighted by Crippen LogP contribution is 2.22. The van der Waals surface area contributed by atoms with E-state index in [1.54, 1.807) is 31.4 Å². The molecule has 0 bridgehead atoms. The first-order valence-corrected chi connectivity index (χ1v) is 8.67. The first kappa shape index (κ1) is 18.7. The third-order valence-electron chi connectivity index (χ3n) is 4.38. The third kappa shape index (κ3) is 4.77. The van der Waals surface area contributed by atoms with E-state index in [1.165, 1.54) is 4.90 Å². The van der Waals surface area contributed by atoms with E-state index in [-0.39, 0.29) is 25.5 Å². The van der Waals surface area contributed by atoms with Gasteiger partial charge in [0.15, 0.2) is 0 Å². The second kappa shape index (κ2) is 8.55. The number of hydrogen-bond donors (Lipinski definition) is 2. The molecule has 142 valence electrons. The van der Waals surface area contributed by atoms with Gasteiger partial charge >= 0.3 is 6.09 Å². The maximum atomic E-state index is 12.6. The van der Waals surface area contributed by atoms with Gasteiger partial charge in [0.1, 0.15) is 18.4 Å². The lowest BCUT2D eigenvalue weighted by Gasteiger charge is -2.23. The molecule has 1 saturated heterocycles. The van der Waals surface area contributed by atoms with Gasteiger partial charge in [0.2, 0.25) is 5.91 Å². The van der Waals surface area contributed by atoms with Gasteiger partial charge < -0.3 is 19.9 Å².